The quantitative estimate of drug-likeness (QED) is 0.867. The standard InChI is InChI=1S/C14H20N2O3/c17-13-6-2-4-8-16(13)10-9-15-7-3-1-5-12(15)11-14(18)19/h2,4,6,8,12H,1,3,5,7,9-11H2,(H,18,19). The fourth-order valence-electron chi connectivity index (χ4n) is 2.67. The first-order valence-electron chi connectivity index (χ1n) is 6.78. The van der Waals surface area contributed by atoms with Crippen molar-refractivity contribution < 1.29 is 9.90 Å². The van der Waals surface area contributed by atoms with Gasteiger partial charge in [-0.3, -0.25) is 14.5 Å². The molecule has 1 saturated heterocycles. The molecule has 1 aliphatic rings. The Morgan fingerprint density at radius 1 is 1.32 bits per heavy atom. The van der Waals surface area contributed by atoms with Gasteiger partial charge in [0.2, 0.25) is 0 Å². The minimum absolute atomic E-state index is 0.00528. The molecule has 0 saturated carbocycles. The molecule has 1 aromatic rings. The summed E-state index contributed by atoms with van der Waals surface area (Å²) in [6, 6.07) is 5.23. The van der Waals surface area contributed by atoms with Gasteiger partial charge < -0.3 is 9.67 Å². The summed E-state index contributed by atoms with van der Waals surface area (Å²) in [5.74, 6) is -0.742. The summed E-state index contributed by atoms with van der Waals surface area (Å²) >= 11 is 0. The van der Waals surface area contributed by atoms with Gasteiger partial charge in [0.05, 0.1) is 6.42 Å². The number of aliphatic carboxylic acids is 1. The molecule has 0 aliphatic carbocycles. The van der Waals surface area contributed by atoms with Crippen LogP contribution in [-0.2, 0) is 11.3 Å². The van der Waals surface area contributed by atoms with Crippen LogP contribution in [0.2, 0.25) is 0 Å². The van der Waals surface area contributed by atoms with Crippen LogP contribution in [0, 0.1) is 0 Å². The van der Waals surface area contributed by atoms with Gasteiger partial charge in [-0.15, -0.1) is 0 Å². The molecule has 1 unspecified atom stereocenters. The van der Waals surface area contributed by atoms with Crippen molar-refractivity contribution in [3.8, 4) is 0 Å². The van der Waals surface area contributed by atoms with E-state index in [1.807, 2.05) is 6.07 Å². The lowest BCUT2D eigenvalue weighted by Gasteiger charge is -2.34. The Labute approximate surface area is 112 Å². The molecule has 0 radical (unpaired) electrons. The molecule has 19 heavy (non-hydrogen) atoms. The van der Waals surface area contributed by atoms with E-state index in [1.54, 1.807) is 22.9 Å². The Kier molecular flexibility index (Phi) is 4.74. The number of pyridine rings is 1. The second kappa shape index (κ2) is 6.52. The predicted octanol–water partition coefficient (Wildman–Crippen LogP) is 1.18. The fourth-order valence-corrected chi connectivity index (χ4v) is 2.67. The van der Waals surface area contributed by atoms with Crippen LogP contribution >= 0.6 is 0 Å². The molecule has 0 spiro atoms. The zero-order valence-electron chi connectivity index (χ0n) is 11.0. The van der Waals surface area contributed by atoms with E-state index >= 15 is 0 Å². The number of likely N-dealkylation sites (tertiary alicyclic amines) is 1. The second-order valence-electron chi connectivity index (χ2n) is 5.02. The molecular formula is C14H20N2O3. The van der Waals surface area contributed by atoms with Crippen molar-refractivity contribution in [3.63, 3.8) is 0 Å². The molecule has 0 amide bonds. The van der Waals surface area contributed by atoms with E-state index < -0.39 is 5.97 Å². The van der Waals surface area contributed by atoms with Crippen LogP contribution in [-0.4, -0.2) is 39.7 Å². The lowest BCUT2D eigenvalue weighted by atomic mass is 9.99. The molecule has 2 heterocycles. The van der Waals surface area contributed by atoms with E-state index in [0.29, 0.717) is 6.54 Å². The first kappa shape index (κ1) is 13.8. The lowest BCUT2D eigenvalue weighted by Crippen LogP contribution is -2.43. The van der Waals surface area contributed by atoms with Crippen LogP contribution in [0.15, 0.2) is 29.2 Å². The average molecular weight is 264 g/mol. The van der Waals surface area contributed by atoms with Gasteiger partial charge in [-0.2, -0.15) is 0 Å². The fraction of sp³-hybridized carbons (Fsp3) is 0.571. The van der Waals surface area contributed by atoms with Crippen LogP contribution < -0.4 is 5.56 Å². The van der Waals surface area contributed by atoms with E-state index in [2.05, 4.69) is 4.90 Å². The molecule has 0 bridgehead atoms. The highest BCUT2D eigenvalue weighted by molar-refractivity contribution is 5.67. The summed E-state index contributed by atoms with van der Waals surface area (Å²) in [6.45, 7) is 2.29. The maximum Gasteiger partial charge on any atom is 0.304 e. The third-order valence-electron chi connectivity index (χ3n) is 3.69. The van der Waals surface area contributed by atoms with Gasteiger partial charge >= 0.3 is 5.97 Å². The topological polar surface area (TPSA) is 62.5 Å². The maximum atomic E-state index is 11.6. The number of hydrogen-bond acceptors (Lipinski definition) is 3. The van der Waals surface area contributed by atoms with Crippen molar-refractivity contribution in [1.82, 2.24) is 9.47 Å². The van der Waals surface area contributed by atoms with Gasteiger partial charge in [0.25, 0.3) is 5.56 Å². The number of carboxylic acid groups (broad SMARTS) is 1. The van der Waals surface area contributed by atoms with Gasteiger partial charge in [0, 0.05) is 31.4 Å². The molecule has 5 heteroatoms. The van der Waals surface area contributed by atoms with Gasteiger partial charge in [-0.05, 0) is 25.5 Å². The molecule has 1 N–H and O–H groups in total. The molecule has 0 aromatic carbocycles. The Morgan fingerprint density at radius 3 is 2.89 bits per heavy atom. The normalized spacial score (nSPS) is 20.3. The first-order valence-corrected chi connectivity index (χ1v) is 6.78. The third kappa shape index (κ3) is 3.92. The van der Waals surface area contributed by atoms with Crippen molar-refractivity contribution in [2.75, 3.05) is 13.1 Å². The van der Waals surface area contributed by atoms with Crippen molar-refractivity contribution >= 4 is 5.97 Å². The smallest absolute Gasteiger partial charge is 0.304 e. The number of piperidine rings is 1. The van der Waals surface area contributed by atoms with Crippen LogP contribution in [0.1, 0.15) is 25.7 Å². The highest BCUT2D eigenvalue weighted by Crippen LogP contribution is 2.19. The van der Waals surface area contributed by atoms with E-state index in [4.69, 9.17) is 5.11 Å². The molecule has 5 nitrogen and oxygen atoms in total. The molecule has 1 aliphatic heterocycles. The molecule has 1 fully saturated rings. The van der Waals surface area contributed by atoms with Gasteiger partial charge in [-0.25, -0.2) is 0 Å². The van der Waals surface area contributed by atoms with Gasteiger partial charge in [0.1, 0.15) is 0 Å². The number of carboxylic acids is 1. The van der Waals surface area contributed by atoms with E-state index in [9.17, 15) is 9.59 Å². The summed E-state index contributed by atoms with van der Waals surface area (Å²) in [5, 5.41) is 8.93. The zero-order chi connectivity index (χ0) is 13.7. The molecule has 104 valence electrons. The summed E-state index contributed by atoms with van der Waals surface area (Å²) in [4.78, 5) is 24.7. The average Bonchev–Trinajstić information content (AvgIpc) is 2.39. The SMILES string of the molecule is O=C(O)CC1CCCCN1CCn1ccccc1=O. The minimum Gasteiger partial charge on any atom is -0.481 e. The van der Waals surface area contributed by atoms with E-state index in [0.717, 1.165) is 32.4 Å². The molecule has 1 atom stereocenters. The highest BCUT2D eigenvalue weighted by Gasteiger charge is 2.24. The van der Waals surface area contributed by atoms with E-state index in [1.165, 1.54) is 0 Å². The van der Waals surface area contributed by atoms with Crippen LogP contribution in [0.3, 0.4) is 0 Å². The minimum atomic E-state index is -0.742. The Morgan fingerprint density at radius 2 is 2.16 bits per heavy atom. The van der Waals surface area contributed by atoms with Crippen molar-refractivity contribution in [2.45, 2.75) is 38.3 Å². The highest BCUT2D eigenvalue weighted by atomic mass is 16.4. The number of carbonyl (C=O) groups is 1. The molecule has 1 aromatic heterocycles. The number of nitrogens with zero attached hydrogens (tertiary/aromatic N) is 2. The number of aromatic nitrogens is 1. The summed E-state index contributed by atoms with van der Waals surface area (Å²) in [5.41, 5.74) is -0.00528. The predicted molar refractivity (Wildman–Crippen MR) is 72.2 cm³/mol. The number of rotatable bonds is 5. The van der Waals surface area contributed by atoms with Crippen molar-refractivity contribution in [2.24, 2.45) is 0 Å². The summed E-state index contributed by atoms with van der Waals surface area (Å²) in [6.07, 6.45) is 5.12. The lowest BCUT2D eigenvalue weighted by molar-refractivity contribution is -0.138. The Hall–Kier alpha value is -1.62. The Bertz CT molecular complexity index is 484. The van der Waals surface area contributed by atoms with Gasteiger partial charge in [0.15, 0.2) is 0 Å². The van der Waals surface area contributed by atoms with Crippen LogP contribution in [0.5, 0.6) is 0 Å². The van der Waals surface area contributed by atoms with Crippen LogP contribution in [0.4, 0.5) is 0 Å². The molecule has 2 rings (SSSR count). The van der Waals surface area contributed by atoms with Crippen LogP contribution in [0.25, 0.3) is 0 Å². The summed E-state index contributed by atoms with van der Waals surface area (Å²) < 4.78 is 1.67. The maximum absolute atomic E-state index is 11.6. The van der Waals surface area contributed by atoms with Gasteiger partial charge in [-0.1, -0.05) is 12.5 Å². The molecular weight excluding hydrogens is 244 g/mol. The largest absolute Gasteiger partial charge is 0.481 e. The zero-order valence-corrected chi connectivity index (χ0v) is 11.0. The first-order chi connectivity index (χ1) is 9.16. The van der Waals surface area contributed by atoms with E-state index in [-0.39, 0.29) is 18.0 Å². The third-order valence-corrected chi connectivity index (χ3v) is 3.69. The summed E-state index contributed by atoms with van der Waals surface area (Å²) in [7, 11) is 0. The van der Waals surface area contributed by atoms with Crippen molar-refractivity contribution in [3.05, 3.63) is 34.7 Å². The van der Waals surface area contributed by atoms with Crippen molar-refractivity contribution in [1.29, 1.82) is 0 Å². The monoisotopic (exact) mass is 264 g/mol. The second-order valence-corrected chi connectivity index (χ2v) is 5.02. The number of hydrogen-bond donors (Lipinski definition) is 1. The Balaban J connectivity index is 1.94.